The minimum Gasteiger partial charge on any atom is -0.336 e. The Labute approximate surface area is 108 Å². The molecular formula is C12H23N5O. The summed E-state index contributed by atoms with van der Waals surface area (Å²) in [5.41, 5.74) is 6.40. The number of hydrogen-bond donors (Lipinski definition) is 1. The van der Waals surface area contributed by atoms with Crippen molar-refractivity contribution >= 4 is 5.91 Å². The van der Waals surface area contributed by atoms with Gasteiger partial charge < -0.3 is 10.6 Å². The average molecular weight is 253 g/mol. The van der Waals surface area contributed by atoms with Gasteiger partial charge in [-0.05, 0) is 34.6 Å². The van der Waals surface area contributed by atoms with Crippen LogP contribution in [0.25, 0.3) is 0 Å². The van der Waals surface area contributed by atoms with Gasteiger partial charge in [-0.3, -0.25) is 4.79 Å². The van der Waals surface area contributed by atoms with Crippen LogP contribution in [-0.2, 0) is 11.3 Å². The molecular weight excluding hydrogens is 230 g/mol. The lowest BCUT2D eigenvalue weighted by molar-refractivity contribution is -0.135. The summed E-state index contributed by atoms with van der Waals surface area (Å²) in [4.78, 5) is 14.0. The third-order valence-electron chi connectivity index (χ3n) is 2.72. The molecule has 1 heterocycles. The Morgan fingerprint density at radius 2 is 1.89 bits per heavy atom. The normalized spacial score (nSPS) is 13.1. The summed E-state index contributed by atoms with van der Waals surface area (Å²) in [5.74, 6) is 0.0427. The van der Waals surface area contributed by atoms with Crippen LogP contribution in [0.15, 0.2) is 6.20 Å². The van der Waals surface area contributed by atoms with Gasteiger partial charge in [-0.1, -0.05) is 5.21 Å². The van der Waals surface area contributed by atoms with Gasteiger partial charge in [-0.2, -0.15) is 0 Å². The zero-order valence-electron chi connectivity index (χ0n) is 11.8. The largest absolute Gasteiger partial charge is 0.336 e. The van der Waals surface area contributed by atoms with Crippen LogP contribution in [0.1, 0.15) is 46.4 Å². The molecule has 0 aliphatic heterocycles. The van der Waals surface area contributed by atoms with E-state index in [0.717, 1.165) is 0 Å². The minimum absolute atomic E-state index is 0.0427. The lowest BCUT2D eigenvalue weighted by Gasteiger charge is -2.30. The molecule has 0 aliphatic carbocycles. The molecule has 6 heteroatoms. The lowest BCUT2D eigenvalue weighted by atomic mass is 10.2. The molecule has 0 fully saturated rings. The van der Waals surface area contributed by atoms with Crippen LogP contribution in [0.3, 0.4) is 0 Å². The van der Waals surface area contributed by atoms with Crippen LogP contribution in [0.5, 0.6) is 0 Å². The van der Waals surface area contributed by atoms with Gasteiger partial charge in [0.05, 0.1) is 11.9 Å². The fraction of sp³-hybridized carbons (Fsp3) is 0.750. The maximum atomic E-state index is 12.2. The molecule has 0 saturated carbocycles. The van der Waals surface area contributed by atoms with Crippen LogP contribution < -0.4 is 5.73 Å². The van der Waals surface area contributed by atoms with Gasteiger partial charge in [0, 0.05) is 18.1 Å². The average Bonchev–Trinajstić information content (AvgIpc) is 2.64. The molecule has 6 nitrogen and oxygen atoms in total. The number of nitrogens with zero attached hydrogens (tertiary/aromatic N) is 4. The van der Waals surface area contributed by atoms with Crippen molar-refractivity contribution in [2.24, 2.45) is 5.73 Å². The molecule has 0 bridgehead atoms. The molecule has 1 aromatic heterocycles. The summed E-state index contributed by atoms with van der Waals surface area (Å²) in [6.45, 7) is 10.1. The molecule has 18 heavy (non-hydrogen) atoms. The highest BCUT2D eigenvalue weighted by atomic mass is 16.2. The van der Waals surface area contributed by atoms with Crippen molar-refractivity contribution in [2.75, 3.05) is 0 Å². The van der Waals surface area contributed by atoms with Crippen LogP contribution >= 0.6 is 0 Å². The number of carbonyl (C=O) groups excluding carboxylic acids is 1. The molecule has 1 amide bonds. The SMILES string of the molecule is CC(N)c1cn(CC(=O)N(C(C)C)C(C)C)nn1. The van der Waals surface area contributed by atoms with Crippen molar-refractivity contribution in [3.8, 4) is 0 Å². The highest BCUT2D eigenvalue weighted by Crippen LogP contribution is 2.08. The Morgan fingerprint density at radius 3 is 2.28 bits per heavy atom. The summed E-state index contributed by atoms with van der Waals surface area (Å²) in [5, 5.41) is 7.85. The summed E-state index contributed by atoms with van der Waals surface area (Å²) in [6.07, 6.45) is 1.72. The standard InChI is InChI=1S/C12H23N5O/c1-8(2)17(9(3)4)12(18)7-16-6-11(10(5)13)14-15-16/h6,8-10H,7,13H2,1-5H3. The molecule has 1 aromatic rings. The van der Waals surface area contributed by atoms with E-state index in [1.54, 1.807) is 10.9 Å². The molecule has 102 valence electrons. The second kappa shape index (κ2) is 5.95. The molecule has 0 spiro atoms. The number of amides is 1. The van der Waals surface area contributed by atoms with Crippen LogP contribution in [-0.4, -0.2) is 37.9 Å². The Bertz CT molecular complexity index is 389. The van der Waals surface area contributed by atoms with Crippen molar-refractivity contribution in [1.29, 1.82) is 0 Å². The topological polar surface area (TPSA) is 77.0 Å². The Kier molecular flexibility index (Phi) is 4.84. The van der Waals surface area contributed by atoms with Gasteiger partial charge in [0.25, 0.3) is 0 Å². The van der Waals surface area contributed by atoms with E-state index in [-0.39, 0.29) is 30.6 Å². The fourth-order valence-corrected chi connectivity index (χ4v) is 1.99. The van der Waals surface area contributed by atoms with Crippen molar-refractivity contribution in [2.45, 2.75) is 59.3 Å². The van der Waals surface area contributed by atoms with Gasteiger partial charge in [0.1, 0.15) is 6.54 Å². The van der Waals surface area contributed by atoms with E-state index in [1.165, 1.54) is 0 Å². The molecule has 1 rings (SSSR count). The van der Waals surface area contributed by atoms with Crippen LogP contribution in [0.4, 0.5) is 0 Å². The highest BCUT2D eigenvalue weighted by Gasteiger charge is 2.20. The van der Waals surface area contributed by atoms with Crippen molar-refractivity contribution in [1.82, 2.24) is 19.9 Å². The summed E-state index contributed by atoms with van der Waals surface area (Å²) in [6, 6.07) is 0.183. The fourth-order valence-electron chi connectivity index (χ4n) is 1.99. The van der Waals surface area contributed by atoms with E-state index < -0.39 is 0 Å². The summed E-state index contributed by atoms with van der Waals surface area (Å²) < 4.78 is 1.54. The smallest absolute Gasteiger partial charge is 0.244 e. The maximum absolute atomic E-state index is 12.2. The van der Waals surface area contributed by atoms with E-state index in [1.807, 2.05) is 39.5 Å². The van der Waals surface area contributed by atoms with Crippen LogP contribution in [0.2, 0.25) is 0 Å². The highest BCUT2D eigenvalue weighted by molar-refractivity contribution is 5.76. The predicted octanol–water partition coefficient (Wildman–Crippen LogP) is 0.943. The Morgan fingerprint density at radius 1 is 1.33 bits per heavy atom. The summed E-state index contributed by atoms with van der Waals surface area (Å²) >= 11 is 0. The zero-order valence-corrected chi connectivity index (χ0v) is 11.8. The molecule has 0 aliphatic rings. The monoisotopic (exact) mass is 253 g/mol. The Hall–Kier alpha value is -1.43. The first kappa shape index (κ1) is 14.6. The Balaban J connectivity index is 2.73. The third-order valence-corrected chi connectivity index (χ3v) is 2.72. The number of rotatable bonds is 5. The number of aromatic nitrogens is 3. The predicted molar refractivity (Wildman–Crippen MR) is 69.7 cm³/mol. The van der Waals surface area contributed by atoms with E-state index >= 15 is 0 Å². The first-order valence-corrected chi connectivity index (χ1v) is 6.29. The molecule has 0 radical (unpaired) electrons. The van der Waals surface area contributed by atoms with Gasteiger partial charge in [0.15, 0.2) is 0 Å². The van der Waals surface area contributed by atoms with Gasteiger partial charge >= 0.3 is 0 Å². The van der Waals surface area contributed by atoms with E-state index in [2.05, 4.69) is 10.3 Å². The maximum Gasteiger partial charge on any atom is 0.244 e. The van der Waals surface area contributed by atoms with Crippen LogP contribution in [0, 0.1) is 0 Å². The molecule has 0 aromatic carbocycles. The van der Waals surface area contributed by atoms with E-state index in [4.69, 9.17) is 5.73 Å². The van der Waals surface area contributed by atoms with Gasteiger partial charge in [0.2, 0.25) is 5.91 Å². The van der Waals surface area contributed by atoms with Gasteiger partial charge in [-0.15, -0.1) is 5.10 Å². The lowest BCUT2D eigenvalue weighted by Crippen LogP contribution is -2.43. The van der Waals surface area contributed by atoms with Crippen molar-refractivity contribution in [3.63, 3.8) is 0 Å². The molecule has 1 atom stereocenters. The molecule has 0 saturated heterocycles. The quantitative estimate of drug-likeness (QED) is 0.847. The molecule has 1 unspecified atom stereocenters. The number of carbonyl (C=O) groups is 1. The summed E-state index contributed by atoms with van der Waals surface area (Å²) in [7, 11) is 0. The first-order valence-electron chi connectivity index (χ1n) is 6.29. The minimum atomic E-state index is -0.167. The number of hydrogen-bond acceptors (Lipinski definition) is 4. The van der Waals surface area contributed by atoms with Crippen molar-refractivity contribution < 1.29 is 4.79 Å². The third kappa shape index (κ3) is 3.53. The first-order chi connectivity index (χ1) is 8.32. The van der Waals surface area contributed by atoms with Gasteiger partial charge in [-0.25, -0.2) is 4.68 Å². The second-order valence-corrected chi connectivity index (χ2v) is 5.12. The van der Waals surface area contributed by atoms with Crippen molar-refractivity contribution in [3.05, 3.63) is 11.9 Å². The second-order valence-electron chi connectivity index (χ2n) is 5.12. The zero-order chi connectivity index (χ0) is 13.9. The molecule has 2 N–H and O–H groups in total. The number of nitrogens with two attached hydrogens (primary N) is 1. The van der Waals surface area contributed by atoms with E-state index in [9.17, 15) is 4.79 Å². The van der Waals surface area contributed by atoms with E-state index in [0.29, 0.717) is 5.69 Å².